The molecule has 0 aliphatic heterocycles. The SMILES string of the molecule is CCN(CC(C)C#N)C(=O)CNC(=O)CN. The highest BCUT2D eigenvalue weighted by molar-refractivity contribution is 5.85. The van der Waals surface area contributed by atoms with Crippen LogP contribution in [-0.4, -0.2) is 42.9 Å². The molecule has 1 unspecified atom stereocenters. The van der Waals surface area contributed by atoms with Gasteiger partial charge in [0.25, 0.3) is 0 Å². The Kier molecular flexibility index (Phi) is 6.88. The Morgan fingerprint density at radius 3 is 2.62 bits per heavy atom. The Hall–Kier alpha value is -1.61. The summed E-state index contributed by atoms with van der Waals surface area (Å²) in [6.45, 7) is 4.27. The lowest BCUT2D eigenvalue weighted by Crippen LogP contribution is -2.43. The summed E-state index contributed by atoms with van der Waals surface area (Å²) in [5.74, 6) is -0.779. The Labute approximate surface area is 95.4 Å². The molecule has 0 radical (unpaired) electrons. The highest BCUT2D eigenvalue weighted by Gasteiger charge is 2.14. The van der Waals surface area contributed by atoms with E-state index in [0.717, 1.165) is 0 Å². The van der Waals surface area contributed by atoms with Gasteiger partial charge in [0.05, 0.1) is 25.1 Å². The molecule has 0 aromatic rings. The predicted octanol–water partition coefficient (Wildman–Crippen LogP) is -0.931. The first kappa shape index (κ1) is 14.4. The molecule has 0 fully saturated rings. The molecule has 90 valence electrons. The lowest BCUT2D eigenvalue weighted by Gasteiger charge is -2.22. The average Bonchev–Trinajstić information content (AvgIpc) is 2.31. The summed E-state index contributed by atoms with van der Waals surface area (Å²) in [6.07, 6.45) is 0. The zero-order chi connectivity index (χ0) is 12.6. The van der Waals surface area contributed by atoms with Crippen molar-refractivity contribution >= 4 is 11.8 Å². The third kappa shape index (κ3) is 5.32. The summed E-state index contributed by atoms with van der Waals surface area (Å²) in [4.78, 5) is 24.0. The molecule has 3 N–H and O–H groups in total. The summed E-state index contributed by atoms with van der Waals surface area (Å²) in [5.41, 5.74) is 5.09. The zero-order valence-corrected chi connectivity index (χ0v) is 9.69. The summed E-state index contributed by atoms with van der Waals surface area (Å²) < 4.78 is 0. The van der Waals surface area contributed by atoms with Crippen molar-refractivity contribution in [1.29, 1.82) is 5.26 Å². The third-order valence-corrected chi connectivity index (χ3v) is 2.07. The van der Waals surface area contributed by atoms with Crippen molar-refractivity contribution in [3.63, 3.8) is 0 Å². The second kappa shape index (κ2) is 7.65. The molecule has 6 nitrogen and oxygen atoms in total. The number of hydrogen-bond donors (Lipinski definition) is 2. The number of carbonyl (C=O) groups excluding carboxylic acids is 2. The van der Waals surface area contributed by atoms with Crippen molar-refractivity contribution in [2.24, 2.45) is 11.7 Å². The fourth-order valence-corrected chi connectivity index (χ4v) is 1.14. The monoisotopic (exact) mass is 226 g/mol. The van der Waals surface area contributed by atoms with Gasteiger partial charge in [-0.15, -0.1) is 0 Å². The molecule has 0 rings (SSSR count). The topological polar surface area (TPSA) is 99.2 Å². The predicted molar refractivity (Wildman–Crippen MR) is 59.1 cm³/mol. The van der Waals surface area contributed by atoms with E-state index in [1.165, 1.54) is 4.90 Å². The van der Waals surface area contributed by atoms with E-state index >= 15 is 0 Å². The summed E-state index contributed by atoms with van der Waals surface area (Å²) in [7, 11) is 0. The van der Waals surface area contributed by atoms with Crippen molar-refractivity contribution in [3.05, 3.63) is 0 Å². The van der Waals surface area contributed by atoms with Crippen LogP contribution < -0.4 is 11.1 Å². The summed E-state index contributed by atoms with van der Waals surface area (Å²) in [6, 6.07) is 2.06. The number of hydrogen-bond acceptors (Lipinski definition) is 4. The second-order valence-electron chi connectivity index (χ2n) is 3.44. The molecule has 0 aliphatic carbocycles. The number of nitriles is 1. The number of amides is 2. The Morgan fingerprint density at radius 2 is 2.19 bits per heavy atom. The van der Waals surface area contributed by atoms with Gasteiger partial charge in [-0.1, -0.05) is 0 Å². The van der Waals surface area contributed by atoms with E-state index in [2.05, 4.69) is 11.4 Å². The highest BCUT2D eigenvalue weighted by atomic mass is 16.2. The smallest absolute Gasteiger partial charge is 0.241 e. The standard InChI is InChI=1S/C10H18N4O2/c1-3-14(7-8(2)4-11)10(16)6-13-9(15)5-12/h8H,3,5-7,12H2,1-2H3,(H,13,15). The van der Waals surface area contributed by atoms with Gasteiger partial charge in [-0.3, -0.25) is 9.59 Å². The number of nitrogens with two attached hydrogens (primary N) is 1. The molecule has 1 atom stereocenters. The third-order valence-electron chi connectivity index (χ3n) is 2.07. The van der Waals surface area contributed by atoms with Gasteiger partial charge in [-0.05, 0) is 13.8 Å². The van der Waals surface area contributed by atoms with Gasteiger partial charge < -0.3 is 16.0 Å². The number of likely N-dealkylation sites (N-methyl/N-ethyl adjacent to an activating group) is 1. The van der Waals surface area contributed by atoms with Crippen LogP contribution in [0, 0.1) is 17.2 Å². The van der Waals surface area contributed by atoms with Crippen LogP contribution in [0.1, 0.15) is 13.8 Å². The summed E-state index contributed by atoms with van der Waals surface area (Å²) >= 11 is 0. The van der Waals surface area contributed by atoms with E-state index < -0.39 is 0 Å². The van der Waals surface area contributed by atoms with E-state index in [0.29, 0.717) is 13.1 Å². The molecule has 0 heterocycles. The molecular weight excluding hydrogens is 208 g/mol. The first-order chi connectivity index (χ1) is 7.54. The van der Waals surface area contributed by atoms with Crippen molar-refractivity contribution < 1.29 is 9.59 Å². The van der Waals surface area contributed by atoms with Crippen LogP contribution in [0.3, 0.4) is 0 Å². The zero-order valence-electron chi connectivity index (χ0n) is 9.69. The largest absolute Gasteiger partial charge is 0.346 e. The number of rotatable bonds is 6. The van der Waals surface area contributed by atoms with E-state index in [9.17, 15) is 9.59 Å². The van der Waals surface area contributed by atoms with Crippen LogP contribution >= 0.6 is 0 Å². The first-order valence-electron chi connectivity index (χ1n) is 5.19. The molecule has 0 saturated heterocycles. The van der Waals surface area contributed by atoms with Gasteiger partial charge in [-0.25, -0.2) is 0 Å². The van der Waals surface area contributed by atoms with Crippen LogP contribution in [-0.2, 0) is 9.59 Å². The lowest BCUT2D eigenvalue weighted by atomic mass is 10.2. The van der Waals surface area contributed by atoms with Gasteiger partial charge >= 0.3 is 0 Å². The van der Waals surface area contributed by atoms with Crippen LogP contribution in [0.2, 0.25) is 0 Å². The van der Waals surface area contributed by atoms with E-state index in [1.807, 2.05) is 6.92 Å². The molecule has 0 bridgehead atoms. The molecule has 16 heavy (non-hydrogen) atoms. The van der Waals surface area contributed by atoms with Crippen LogP contribution in [0.4, 0.5) is 0 Å². The quantitative estimate of drug-likeness (QED) is 0.611. The molecule has 6 heteroatoms. The Bertz CT molecular complexity index is 285. The molecular formula is C10H18N4O2. The number of nitrogens with zero attached hydrogens (tertiary/aromatic N) is 2. The van der Waals surface area contributed by atoms with E-state index in [-0.39, 0.29) is 30.8 Å². The van der Waals surface area contributed by atoms with Gasteiger partial charge in [0.1, 0.15) is 0 Å². The van der Waals surface area contributed by atoms with Crippen molar-refractivity contribution in [3.8, 4) is 6.07 Å². The maximum absolute atomic E-state index is 11.6. The van der Waals surface area contributed by atoms with Crippen molar-refractivity contribution in [1.82, 2.24) is 10.2 Å². The Morgan fingerprint density at radius 1 is 1.56 bits per heavy atom. The normalized spacial score (nSPS) is 11.4. The maximum Gasteiger partial charge on any atom is 0.241 e. The van der Waals surface area contributed by atoms with Gasteiger partial charge in [0.2, 0.25) is 11.8 Å². The second-order valence-corrected chi connectivity index (χ2v) is 3.44. The molecule has 0 aromatic carbocycles. The van der Waals surface area contributed by atoms with Gasteiger partial charge in [0.15, 0.2) is 0 Å². The van der Waals surface area contributed by atoms with Crippen molar-refractivity contribution in [2.75, 3.05) is 26.2 Å². The number of carbonyl (C=O) groups is 2. The minimum Gasteiger partial charge on any atom is -0.346 e. The van der Waals surface area contributed by atoms with Crippen molar-refractivity contribution in [2.45, 2.75) is 13.8 Å². The van der Waals surface area contributed by atoms with Crippen LogP contribution in [0.15, 0.2) is 0 Å². The highest BCUT2D eigenvalue weighted by Crippen LogP contribution is 1.98. The summed E-state index contributed by atoms with van der Waals surface area (Å²) in [5, 5.41) is 11.0. The fraction of sp³-hybridized carbons (Fsp3) is 0.700. The van der Waals surface area contributed by atoms with Gasteiger partial charge in [0, 0.05) is 13.1 Å². The molecule has 0 saturated carbocycles. The fourth-order valence-electron chi connectivity index (χ4n) is 1.14. The minimum absolute atomic E-state index is 0.0674. The maximum atomic E-state index is 11.6. The van der Waals surface area contributed by atoms with E-state index in [1.54, 1.807) is 6.92 Å². The number of nitrogens with one attached hydrogen (secondary N) is 1. The first-order valence-corrected chi connectivity index (χ1v) is 5.19. The molecule has 2 amide bonds. The minimum atomic E-state index is -0.363. The van der Waals surface area contributed by atoms with Gasteiger partial charge in [-0.2, -0.15) is 5.26 Å². The Balaban J connectivity index is 4.12. The van der Waals surface area contributed by atoms with Crippen LogP contribution in [0.5, 0.6) is 0 Å². The van der Waals surface area contributed by atoms with Crippen LogP contribution in [0.25, 0.3) is 0 Å². The molecule has 0 aliphatic rings. The molecule has 0 aromatic heterocycles. The average molecular weight is 226 g/mol. The molecule has 0 spiro atoms. The lowest BCUT2D eigenvalue weighted by molar-refractivity contribution is -0.132. The van der Waals surface area contributed by atoms with E-state index in [4.69, 9.17) is 11.0 Å².